The van der Waals surface area contributed by atoms with Gasteiger partial charge < -0.3 is 16.0 Å². The number of para-hydroxylation sites is 2. The lowest BCUT2D eigenvalue weighted by Crippen LogP contribution is -2.52. The van der Waals surface area contributed by atoms with E-state index < -0.39 is 11.4 Å². The molecule has 0 saturated heterocycles. The van der Waals surface area contributed by atoms with Crippen molar-refractivity contribution < 1.29 is 4.79 Å². The highest BCUT2D eigenvalue weighted by Crippen LogP contribution is 2.17. The molecule has 5 nitrogen and oxygen atoms in total. The van der Waals surface area contributed by atoms with E-state index in [2.05, 4.69) is 4.98 Å². The Balaban J connectivity index is 2.49. The van der Waals surface area contributed by atoms with Crippen molar-refractivity contribution in [2.24, 2.45) is 11.5 Å². The monoisotopic (exact) mass is 232 g/mol. The van der Waals surface area contributed by atoms with Gasteiger partial charge in [-0.1, -0.05) is 12.1 Å². The predicted molar refractivity (Wildman–Crippen MR) is 66.3 cm³/mol. The van der Waals surface area contributed by atoms with Gasteiger partial charge in [0.25, 0.3) is 0 Å². The van der Waals surface area contributed by atoms with Gasteiger partial charge in [-0.2, -0.15) is 0 Å². The Morgan fingerprint density at radius 3 is 2.76 bits per heavy atom. The van der Waals surface area contributed by atoms with E-state index in [0.717, 1.165) is 16.9 Å². The predicted octanol–water partition coefficient (Wildman–Crippen LogP) is 0.547. The molecule has 90 valence electrons. The van der Waals surface area contributed by atoms with Gasteiger partial charge in [-0.25, -0.2) is 4.98 Å². The van der Waals surface area contributed by atoms with Crippen molar-refractivity contribution in [2.45, 2.75) is 25.9 Å². The molecule has 17 heavy (non-hydrogen) atoms. The number of nitrogens with zero attached hydrogens (tertiary/aromatic N) is 2. The summed E-state index contributed by atoms with van der Waals surface area (Å²) in [6.07, 6.45) is 0. The van der Waals surface area contributed by atoms with Gasteiger partial charge >= 0.3 is 0 Å². The zero-order valence-electron chi connectivity index (χ0n) is 9.97. The number of rotatable bonds is 3. The highest BCUT2D eigenvalue weighted by molar-refractivity contribution is 5.84. The fourth-order valence-electron chi connectivity index (χ4n) is 1.80. The standard InChI is InChI=1S/C12H16N4O/c1-8-15-9-5-3-4-6-10(9)16(8)7-12(2,14)11(13)17/h3-6H,7,14H2,1-2H3,(H2,13,17). The third-order valence-corrected chi connectivity index (χ3v) is 2.89. The van der Waals surface area contributed by atoms with Crippen molar-refractivity contribution in [3.63, 3.8) is 0 Å². The lowest BCUT2D eigenvalue weighted by molar-refractivity contribution is -0.123. The van der Waals surface area contributed by atoms with Crippen LogP contribution in [0.1, 0.15) is 12.7 Å². The SMILES string of the molecule is Cc1nc2ccccc2n1CC(C)(N)C(N)=O. The second-order valence-electron chi connectivity index (χ2n) is 4.52. The molecule has 2 aromatic rings. The first kappa shape index (κ1) is 11.6. The molecule has 0 aliphatic heterocycles. The molecule has 0 radical (unpaired) electrons. The van der Waals surface area contributed by atoms with Crippen molar-refractivity contribution in [1.82, 2.24) is 9.55 Å². The van der Waals surface area contributed by atoms with Crippen molar-refractivity contribution in [3.05, 3.63) is 30.1 Å². The molecule has 1 unspecified atom stereocenters. The van der Waals surface area contributed by atoms with Crippen LogP contribution in [0.15, 0.2) is 24.3 Å². The van der Waals surface area contributed by atoms with Gasteiger partial charge in [0.2, 0.25) is 5.91 Å². The van der Waals surface area contributed by atoms with Gasteiger partial charge in [0, 0.05) is 0 Å². The van der Waals surface area contributed by atoms with Crippen LogP contribution in [-0.2, 0) is 11.3 Å². The summed E-state index contributed by atoms with van der Waals surface area (Å²) in [6.45, 7) is 3.84. The van der Waals surface area contributed by atoms with Gasteiger partial charge in [-0.05, 0) is 26.0 Å². The van der Waals surface area contributed by atoms with Crippen LogP contribution in [0.3, 0.4) is 0 Å². The summed E-state index contributed by atoms with van der Waals surface area (Å²) in [5.41, 5.74) is 12.0. The minimum atomic E-state index is -1.08. The van der Waals surface area contributed by atoms with Crippen LogP contribution in [0, 0.1) is 6.92 Å². The molecule has 0 aliphatic carbocycles. The summed E-state index contributed by atoms with van der Waals surface area (Å²) in [5, 5.41) is 0. The fourth-order valence-corrected chi connectivity index (χ4v) is 1.80. The van der Waals surface area contributed by atoms with Crippen molar-refractivity contribution in [2.75, 3.05) is 0 Å². The maximum absolute atomic E-state index is 11.3. The highest BCUT2D eigenvalue weighted by Gasteiger charge is 2.27. The number of primary amides is 1. The van der Waals surface area contributed by atoms with E-state index in [1.54, 1.807) is 6.92 Å². The zero-order chi connectivity index (χ0) is 12.6. The number of carbonyl (C=O) groups excluding carboxylic acids is 1. The second kappa shape index (κ2) is 3.85. The molecule has 1 aromatic carbocycles. The van der Waals surface area contributed by atoms with E-state index in [-0.39, 0.29) is 0 Å². The molecule has 0 saturated carbocycles. The first-order valence-electron chi connectivity index (χ1n) is 5.42. The summed E-state index contributed by atoms with van der Waals surface area (Å²) in [7, 11) is 0. The molecule has 4 N–H and O–H groups in total. The molecule has 2 rings (SSSR count). The van der Waals surface area contributed by atoms with Gasteiger partial charge in [-0.15, -0.1) is 0 Å². The van der Waals surface area contributed by atoms with Crippen LogP contribution in [0.5, 0.6) is 0 Å². The maximum atomic E-state index is 11.3. The summed E-state index contributed by atoms with van der Waals surface area (Å²) in [6, 6.07) is 7.73. The topological polar surface area (TPSA) is 86.9 Å². The Bertz CT molecular complexity index is 571. The smallest absolute Gasteiger partial charge is 0.239 e. The molecular formula is C12H16N4O. The summed E-state index contributed by atoms with van der Waals surface area (Å²) in [5.74, 6) is 0.304. The number of amides is 1. The first-order chi connectivity index (χ1) is 7.92. The van der Waals surface area contributed by atoms with E-state index in [0.29, 0.717) is 6.54 Å². The number of benzene rings is 1. The van der Waals surface area contributed by atoms with Crippen LogP contribution >= 0.6 is 0 Å². The molecular weight excluding hydrogens is 216 g/mol. The van der Waals surface area contributed by atoms with Gasteiger partial charge in [0.1, 0.15) is 11.4 Å². The molecule has 0 aliphatic rings. The van der Waals surface area contributed by atoms with Gasteiger partial charge in [0.15, 0.2) is 0 Å². The van der Waals surface area contributed by atoms with Crippen LogP contribution in [0.25, 0.3) is 11.0 Å². The minimum Gasteiger partial charge on any atom is -0.368 e. The van der Waals surface area contributed by atoms with Crippen molar-refractivity contribution >= 4 is 16.9 Å². The summed E-state index contributed by atoms with van der Waals surface area (Å²) < 4.78 is 1.92. The summed E-state index contributed by atoms with van der Waals surface area (Å²) in [4.78, 5) is 15.7. The Labute approximate surface area is 99.4 Å². The molecule has 1 atom stereocenters. The van der Waals surface area contributed by atoms with E-state index >= 15 is 0 Å². The Hall–Kier alpha value is -1.88. The average Bonchev–Trinajstić information content (AvgIpc) is 2.55. The van der Waals surface area contributed by atoms with Crippen molar-refractivity contribution in [1.29, 1.82) is 0 Å². The van der Waals surface area contributed by atoms with E-state index in [1.165, 1.54) is 0 Å². The molecule has 1 aromatic heterocycles. The van der Waals surface area contributed by atoms with E-state index in [1.807, 2.05) is 35.8 Å². The zero-order valence-corrected chi connectivity index (χ0v) is 9.97. The van der Waals surface area contributed by atoms with Crippen molar-refractivity contribution in [3.8, 4) is 0 Å². The third-order valence-electron chi connectivity index (χ3n) is 2.89. The average molecular weight is 232 g/mol. The van der Waals surface area contributed by atoms with Crippen LogP contribution in [0.4, 0.5) is 0 Å². The number of aromatic nitrogens is 2. The first-order valence-corrected chi connectivity index (χ1v) is 5.42. The van der Waals surface area contributed by atoms with Crippen LogP contribution in [0.2, 0.25) is 0 Å². The van der Waals surface area contributed by atoms with Gasteiger partial charge in [0.05, 0.1) is 17.6 Å². The van der Waals surface area contributed by atoms with Crippen LogP contribution < -0.4 is 11.5 Å². The minimum absolute atomic E-state index is 0.328. The molecule has 1 heterocycles. The fraction of sp³-hybridized carbons (Fsp3) is 0.333. The quantitative estimate of drug-likeness (QED) is 0.810. The van der Waals surface area contributed by atoms with E-state index in [4.69, 9.17) is 11.5 Å². The number of carbonyl (C=O) groups is 1. The number of fused-ring (bicyclic) bond motifs is 1. The van der Waals surface area contributed by atoms with Crippen LogP contribution in [-0.4, -0.2) is 21.0 Å². The lowest BCUT2D eigenvalue weighted by atomic mass is 10.0. The van der Waals surface area contributed by atoms with Gasteiger partial charge in [-0.3, -0.25) is 4.79 Å². The number of hydrogen-bond acceptors (Lipinski definition) is 3. The number of imidazole rings is 1. The maximum Gasteiger partial charge on any atom is 0.239 e. The number of aryl methyl sites for hydroxylation is 1. The van der Waals surface area contributed by atoms with E-state index in [9.17, 15) is 4.79 Å². The lowest BCUT2D eigenvalue weighted by Gasteiger charge is -2.22. The Kier molecular flexibility index (Phi) is 2.63. The number of nitrogens with two attached hydrogens (primary N) is 2. The largest absolute Gasteiger partial charge is 0.368 e. The summed E-state index contributed by atoms with van der Waals surface area (Å²) >= 11 is 0. The highest BCUT2D eigenvalue weighted by atomic mass is 16.1. The third kappa shape index (κ3) is 2.01. The Morgan fingerprint density at radius 1 is 1.47 bits per heavy atom. The Morgan fingerprint density at radius 2 is 2.12 bits per heavy atom. The molecule has 0 bridgehead atoms. The molecule has 5 heteroatoms. The molecule has 1 amide bonds. The molecule has 0 fully saturated rings. The number of hydrogen-bond donors (Lipinski definition) is 2. The second-order valence-corrected chi connectivity index (χ2v) is 4.52. The molecule has 0 spiro atoms. The normalized spacial score (nSPS) is 14.8.